The summed E-state index contributed by atoms with van der Waals surface area (Å²) in [4.78, 5) is 12.5. The zero-order valence-electron chi connectivity index (χ0n) is 15.6. The third-order valence-electron chi connectivity index (χ3n) is 3.90. The molecule has 1 amide bonds. The first kappa shape index (κ1) is 22.9. The van der Waals surface area contributed by atoms with Gasteiger partial charge in [0.25, 0.3) is 0 Å². The molecule has 0 aliphatic heterocycles. The van der Waals surface area contributed by atoms with E-state index in [4.69, 9.17) is 23.2 Å². The molecular weight excluding hydrogens is 439 g/mol. The van der Waals surface area contributed by atoms with Gasteiger partial charge in [0.1, 0.15) is 6.04 Å². The number of thioether (sulfide) groups is 1. The van der Waals surface area contributed by atoms with E-state index in [0.717, 1.165) is 21.9 Å². The topological polar surface area (TPSA) is 66.5 Å². The Balaban J connectivity index is 1.86. The number of nitrogens with one attached hydrogen (secondary N) is 1. The molecule has 5 nitrogen and oxygen atoms in total. The van der Waals surface area contributed by atoms with Crippen LogP contribution in [0.5, 0.6) is 0 Å². The van der Waals surface area contributed by atoms with Gasteiger partial charge >= 0.3 is 0 Å². The van der Waals surface area contributed by atoms with Crippen LogP contribution in [-0.2, 0) is 20.6 Å². The van der Waals surface area contributed by atoms with Crippen LogP contribution in [0.15, 0.2) is 48.5 Å². The van der Waals surface area contributed by atoms with Gasteiger partial charge in [0.2, 0.25) is 15.9 Å². The third-order valence-corrected chi connectivity index (χ3v) is 6.91. The number of hydrogen-bond acceptors (Lipinski definition) is 4. The van der Waals surface area contributed by atoms with E-state index in [1.54, 1.807) is 55.1 Å². The fourth-order valence-electron chi connectivity index (χ4n) is 2.60. The van der Waals surface area contributed by atoms with Crippen molar-refractivity contribution < 1.29 is 13.2 Å². The fraction of sp³-hybridized carbons (Fsp3) is 0.316. The van der Waals surface area contributed by atoms with E-state index in [-0.39, 0.29) is 5.91 Å². The zero-order valence-corrected chi connectivity index (χ0v) is 18.7. The second kappa shape index (κ2) is 10.4. The number of sulfonamides is 1. The highest BCUT2D eigenvalue weighted by Gasteiger charge is 2.28. The van der Waals surface area contributed by atoms with Crippen molar-refractivity contribution in [3.05, 3.63) is 64.1 Å². The van der Waals surface area contributed by atoms with Crippen LogP contribution in [0.4, 0.5) is 5.69 Å². The second-order valence-corrected chi connectivity index (χ2v) is 9.94. The van der Waals surface area contributed by atoms with Gasteiger partial charge in [-0.2, -0.15) is 11.8 Å². The molecule has 2 rings (SSSR count). The molecule has 0 radical (unpaired) electrons. The maximum Gasteiger partial charge on any atom is 0.243 e. The van der Waals surface area contributed by atoms with Gasteiger partial charge in [-0.3, -0.25) is 9.10 Å². The molecule has 1 unspecified atom stereocenters. The van der Waals surface area contributed by atoms with Crippen LogP contribution < -0.4 is 9.62 Å². The number of hydrogen-bond donors (Lipinski definition) is 1. The molecule has 0 bridgehead atoms. The lowest BCUT2D eigenvalue weighted by Gasteiger charge is -2.28. The maximum absolute atomic E-state index is 12.5. The van der Waals surface area contributed by atoms with Gasteiger partial charge in [0.15, 0.2) is 0 Å². The summed E-state index contributed by atoms with van der Waals surface area (Å²) in [5, 5.41) is 3.83. The SMILES string of the molecule is CC(C(=O)NCCSCc1ccc(Cl)c(Cl)c1)N(c1ccccc1)S(C)(=O)=O. The van der Waals surface area contributed by atoms with Gasteiger partial charge < -0.3 is 5.32 Å². The normalized spacial score (nSPS) is 12.4. The number of rotatable bonds is 9. The summed E-state index contributed by atoms with van der Waals surface area (Å²) >= 11 is 13.5. The Labute approximate surface area is 180 Å². The van der Waals surface area contributed by atoms with Gasteiger partial charge in [-0.1, -0.05) is 47.5 Å². The lowest BCUT2D eigenvalue weighted by atomic mass is 10.2. The standard InChI is InChI=1S/C19H22Cl2N2O3S2/c1-14(23(28(2,25)26)16-6-4-3-5-7-16)19(24)22-10-11-27-13-15-8-9-17(20)18(21)12-15/h3-9,12,14H,10-11,13H2,1-2H3,(H,22,24). The molecule has 0 heterocycles. The molecule has 0 spiro atoms. The summed E-state index contributed by atoms with van der Waals surface area (Å²) in [6.07, 6.45) is 1.09. The first-order valence-corrected chi connectivity index (χ1v) is 12.3. The van der Waals surface area contributed by atoms with E-state index < -0.39 is 16.1 Å². The van der Waals surface area contributed by atoms with E-state index in [0.29, 0.717) is 28.0 Å². The number of amides is 1. The van der Waals surface area contributed by atoms with Crippen molar-refractivity contribution in [2.24, 2.45) is 0 Å². The minimum Gasteiger partial charge on any atom is -0.353 e. The largest absolute Gasteiger partial charge is 0.353 e. The maximum atomic E-state index is 12.5. The minimum absolute atomic E-state index is 0.343. The molecule has 152 valence electrons. The zero-order chi connectivity index (χ0) is 20.7. The van der Waals surface area contributed by atoms with Crippen LogP contribution in [-0.4, -0.2) is 38.9 Å². The van der Waals surface area contributed by atoms with Crippen LogP contribution in [0.25, 0.3) is 0 Å². The number of carbonyl (C=O) groups excluding carboxylic acids is 1. The van der Waals surface area contributed by atoms with Crippen LogP contribution in [0, 0.1) is 0 Å². The summed E-state index contributed by atoms with van der Waals surface area (Å²) in [6.45, 7) is 2.01. The van der Waals surface area contributed by atoms with Gasteiger partial charge in [0.05, 0.1) is 22.0 Å². The average Bonchev–Trinajstić information content (AvgIpc) is 2.64. The number of carbonyl (C=O) groups is 1. The lowest BCUT2D eigenvalue weighted by Crippen LogP contribution is -2.48. The lowest BCUT2D eigenvalue weighted by molar-refractivity contribution is -0.121. The number of para-hydroxylation sites is 1. The highest BCUT2D eigenvalue weighted by molar-refractivity contribution is 7.98. The van der Waals surface area contributed by atoms with Crippen molar-refractivity contribution in [2.75, 3.05) is 22.9 Å². The van der Waals surface area contributed by atoms with Crippen LogP contribution >= 0.6 is 35.0 Å². The van der Waals surface area contributed by atoms with E-state index in [9.17, 15) is 13.2 Å². The van der Waals surface area contributed by atoms with Crippen molar-refractivity contribution >= 4 is 56.6 Å². The van der Waals surface area contributed by atoms with Gasteiger partial charge in [-0.05, 0) is 36.8 Å². The Bertz CT molecular complexity index is 909. The van der Waals surface area contributed by atoms with Gasteiger partial charge in [0, 0.05) is 18.1 Å². The summed E-state index contributed by atoms with van der Waals surface area (Å²) in [7, 11) is -3.60. The Morgan fingerprint density at radius 1 is 1.14 bits per heavy atom. The van der Waals surface area contributed by atoms with E-state index in [1.165, 1.54) is 0 Å². The summed E-state index contributed by atoms with van der Waals surface area (Å²) in [6, 6.07) is 13.2. The second-order valence-electron chi connectivity index (χ2n) is 6.16. The molecule has 0 saturated heterocycles. The van der Waals surface area contributed by atoms with Crippen LogP contribution in [0.1, 0.15) is 12.5 Å². The quantitative estimate of drug-likeness (QED) is 0.569. The Morgan fingerprint density at radius 3 is 2.43 bits per heavy atom. The number of benzene rings is 2. The smallest absolute Gasteiger partial charge is 0.243 e. The molecule has 9 heteroatoms. The molecule has 1 N–H and O–H groups in total. The molecule has 28 heavy (non-hydrogen) atoms. The molecule has 2 aromatic carbocycles. The fourth-order valence-corrected chi connectivity index (χ4v) is 4.90. The van der Waals surface area contributed by atoms with E-state index in [1.807, 2.05) is 12.1 Å². The molecule has 0 aliphatic carbocycles. The molecule has 0 saturated carbocycles. The highest BCUT2D eigenvalue weighted by Crippen LogP contribution is 2.24. The molecular formula is C19H22Cl2N2O3S2. The monoisotopic (exact) mass is 460 g/mol. The molecule has 0 aromatic heterocycles. The van der Waals surface area contributed by atoms with Crippen molar-refractivity contribution in [3.8, 4) is 0 Å². The van der Waals surface area contributed by atoms with E-state index in [2.05, 4.69) is 5.32 Å². The highest BCUT2D eigenvalue weighted by atomic mass is 35.5. The summed E-state index contributed by atoms with van der Waals surface area (Å²) in [5.74, 6) is 1.08. The van der Waals surface area contributed by atoms with Crippen molar-refractivity contribution in [1.29, 1.82) is 0 Å². The van der Waals surface area contributed by atoms with Crippen LogP contribution in [0.3, 0.4) is 0 Å². The molecule has 0 aliphatic rings. The van der Waals surface area contributed by atoms with Crippen LogP contribution in [0.2, 0.25) is 10.0 Å². The molecule has 0 fully saturated rings. The number of nitrogens with zero attached hydrogens (tertiary/aromatic N) is 1. The predicted molar refractivity (Wildman–Crippen MR) is 119 cm³/mol. The van der Waals surface area contributed by atoms with Gasteiger partial charge in [-0.15, -0.1) is 0 Å². The van der Waals surface area contributed by atoms with Crippen molar-refractivity contribution in [2.45, 2.75) is 18.7 Å². The van der Waals surface area contributed by atoms with E-state index >= 15 is 0 Å². The Kier molecular flexibility index (Phi) is 8.49. The number of halogens is 2. The van der Waals surface area contributed by atoms with Crippen molar-refractivity contribution in [1.82, 2.24) is 5.32 Å². The average molecular weight is 461 g/mol. The minimum atomic E-state index is -3.60. The third kappa shape index (κ3) is 6.58. The first-order valence-electron chi connectivity index (χ1n) is 8.54. The van der Waals surface area contributed by atoms with Gasteiger partial charge in [-0.25, -0.2) is 8.42 Å². The first-order chi connectivity index (χ1) is 13.2. The van der Waals surface area contributed by atoms with Crippen molar-refractivity contribution in [3.63, 3.8) is 0 Å². The summed E-state index contributed by atoms with van der Waals surface area (Å²) in [5.41, 5.74) is 1.51. The number of anilines is 1. The Morgan fingerprint density at radius 2 is 1.82 bits per heavy atom. The molecule has 1 atom stereocenters. The Hall–Kier alpha value is -1.41. The predicted octanol–water partition coefficient (Wildman–Crippen LogP) is 4.20. The summed E-state index contributed by atoms with van der Waals surface area (Å²) < 4.78 is 25.5. The molecule has 2 aromatic rings.